The van der Waals surface area contributed by atoms with E-state index in [-0.39, 0.29) is 12.6 Å². The average Bonchev–Trinajstić information content (AvgIpc) is 2.64. The van der Waals surface area contributed by atoms with Crippen LogP contribution in [0.4, 0.5) is 5.69 Å². The van der Waals surface area contributed by atoms with Gasteiger partial charge in [0.25, 0.3) is 0 Å². The maximum absolute atomic E-state index is 12.0. The van der Waals surface area contributed by atoms with Gasteiger partial charge in [0.05, 0.1) is 6.61 Å². The molecule has 0 bridgehead atoms. The number of carbonyl (C=O) groups excluding carboxylic acids is 2. The van der Waals surface area contributed by atoms with Crippen LogP contribution in [0.15, 0.2) is 24.3 Å². The molecule has 1 heterocycles. The Bertz CT molecular complexity index is 456. The number of nitrogens with zero attached hydrogens (tertiary/aromatic N) is 1. The van der Waals surface area contributed by atoms with Gasteiger partial charge in [-0.25, -0.2) is 4.79 Å². The molecule has 1 amide bonds. The Morgan fingerprint density at radius 2 is 2.12 bits per heavy atom. The molecule has 1 atom stereocenters. The molecule has 2 rings (SSSR count). The van der Waals surface area contributed by atoms with Gasteiger partial charge in [0.2, 0.25) is 0 Å². The minimum Gasteiger partial charge on any atom is -0.459 e. The molecule has 1 aliphatic rings. The molecule has 1 aliphatic heterocycles. The highest BCUT2D eigenvalue weighted by Gasteiger charge is 2.34. The highest BCUT2D eigenvalue weighted by Crippen LogP contribution is 2.31. The van der Waals surface area contributed by atoms with Gasteiger partial charge in [0.1, 0.15) is 0 Å². The van der Waals surface area contributed by atoms with Crippen molar-refractivity contribution in [1.82, 2.24) is 0 Å². The second kappa shape index (κ2) is 4.57. The number of rotatable bonds is 1. The van der Waals surface area contributed by atoms with E-state index in [1.165, 1.54) is 4.90 Å². The van der Waals surface area contributed by atoms with Crippen molar-refractivity contribution >= 4 is 17.6 Å². The lowest BCUT2D eigenvalue weighted by Gasteiger charge is -2.21. The molecule has 17 heavy (non-hydrogen) atoms. The fourth-order valence-electron chi connectivity index (χ4n) is 2.17. The summed E-state index contributed by atoms with van der Waals surface area (Å²) in [5.74, 6) is -1.36. The van der Waals surface area contributed by atoms with Crippen molar-refractivity contribution in [1.29, 1.82) is 0 Å². The maximum Gasteiger partial charge on any atom is 0.397 e. The molecule has 0 spiro atoms. The Hall–Kier alpha value is -1.84. The van der Waals surface area contributed by atoms with Crippen LogP contribution < -0.4 is 4.90 Å². The van der Waals surface area contributed by atoms with Gasteiger partial charge in [-0.2, -0.15) is 0 Å². The van der Waals surface area contributed by atoms with E-state index in [2.05, 4.69) is 0 Å². The summed E-state index contributed by atoms with van der Waals surface area (Å²) in [6.07, 6.45) is 0.779. The molecular formula is C13H15NO3. The van der Waals surface area contributed by atoms with Gasteiger partial charge in [-0.1, -0.05) is 18.2 Å². The molecular weight excluding hydrogens is 218 g/mol. The van der Waals surface area contributed by atoms with E-state index < -0.39 is 11.9 Å². The molecule has 4 nitrogen and oxygen atoms in total. The summed E-state index contributed by atoms with van der Waals surface area (Å²) in [6, 6.07) is 7.64. The molecule has 0 saturated heterocycles. The molecule has 0 N–H and O–H groups in total. The van der Waals surface area contributed by atoms with Crippen LogP contribution >= 0.6 is 0 Å². The molecule has 1 unspecified atom stereocenters. The molecule has 0 aromatic heterocycles. The molecule has 90 valence electrons. The number of hydrogen-bond donors (Lipinski definition) is 0. The fourth-order valence-corrected chi connectivity index (χ4v) is 2.17. The van der Waals surface area contributed by atoms with Crippen LogP contribution in [-0.2, 0) is 20.7 Å². The standard InChI is InChI=1S/C13H15NO3/c1-3-17-13(16)12(15)14-9(2)8-10-6-4-5-7-11(10)14/h4-7,9H,3,8H2,1-2H3. The smallest absolute Gasteiger partial charge is 0.397 e. The third-order valence-corrected chi connectivity index (χ3v) is 2.88. The first kappa shape index (κ1) is 11.6. The van der Waals surface area contributed by atoms with E-state index >= 15 is 0 Å². The van der Waals surface area contributed by atoms with Crippen molar-refractivity contribution in [3.63, 3.8) is 0 Å². The van der Waals surface area contributed by atoms with E-state index in [1.807, 2.05) is 31.2 Å². The van der Waals surface area contributed by atoms with Crippen molar-refractivity contribution in [2.24, 2.45) is 0 Å². The van der Waals surface area contributed by atoms with E-state index in [9.17, 15) is 9.59 Å². The van der Waals surface area contributed by atoms with Crippen LogP contribution in [0.3, 0.4) is 0 Å². The molecule has 1 aromatic carbocycles. The third kappa shape index (κ3) is 2.02. The van der Waals surface area contributed by atoms with E-state index in [1.54, 1.807) is 6.92 Å². The van der Waals surface area contributed by atoms with Crippen molar-refractivity contribution in [3.05, 3.63) is 29.8 Å². The van der Waals surface area contributed by atoms with Gasteiger partial charge < -0.3 is 4.74 Å². The Morgan fingerprint density at radius 3 is 2.82 bits per heavy atom. The lowest BCUT2D eigenvalue weighted by Crippen LogP contribution is -2.41. The summed E-state index contributed by atoms with van der Waals surface area (Å²) >= 11 is 0. The lowest BCUT2D eigenvalue weighted by molar-refractivity contribution is -0.153. The molecule has 0 aliphatic carbocycles. The molecule has 0 fully saturated rings. The van der Waals surface area contributed by atoms with Gasteiger partial charge in [-0.15, -0.1) is 0 Å². The highest BCUT2D eigenvalue weighted by molar-refractivity contribution is 6.38. The Kier molecular flexibility index (Phi) is 3.13. The lowest BCUT2D eigenvalue weighted by atomic mass is 10.1. The van der Waals surface area contributed by atoms with Gasteiger partial charge in [0.15, 0.2) is 0 Å². The third-order valence-electron chi connectivity index (χ3n) is 2.88. The number of benzene rings is 1. The monoisotopic (exact) mass is 233 g/mol. The van der Waals surface area contributed by atoms with E-state index in [0.29, 0.717) is 0 Å². The largest absolute Gasteiger partial charge is 0.459 e. The zero-order valence-corrected chi connectivity index (χ0v) is 9.97. The van der Waals surface area contributed by atoms with Crippen LogP contribution in [0.1, 0.15) is 19.4 Å². The Morgan fingerprint density at radius 1 is 1.41 bits per heavy atom. The van der Waals surface area contributed by atoms with Crippen molar-refractivity contribution in [2.45, 2.75) is 26.3 Å². The van der Waals surface area contributed by atoms with E-state index in [0.717, 1.165) is 17.7 Å². The number of amides is 1. The van der Waals surface area contributed by atoms with Crippen LogP contribution in [0.5, 0.6) is 0 Å². The first-order chi connectivity index (χ1) is 8.15. The number of carbonyl (C=O) groups is 2. The normalized spacial score (nSPS) is 17.8. The summed E-state index contributed by atoms with van der Waals surface area (Å²) in [6.45, 7) is 3.83. The molecule has 0 saturated carbocycles. The first-order valence-corrected chi connectivity index (χ1v) is 5.73. The molecule has 0 radical (unpaired) electrons. The zero-order valence-electron chi connectivity index (χ0n) is 9.97. The predicted octanol–water partition coefficient (Wildman–Crippen LogP) is 1.53. The Balaban J connectivity index is 2.27. The quantitative estimate of drug-likeness (QED) is 0.546. The summed E-state index contributed by atoms with van der Waals surface area (Å²) in [7, 11) is 0. The van der Waals surface area contributed by atoms with Crippen LogP contribution in [0, 0.1) is 0 Å². The number of ether oxygens (including phenoxy) is 1. The van der Waals surface area contributed by atoms with Crippen molar-refractivity contribution in [2.75, 3.05) is 11.5 Å². The number of fused-ring (bicyclic) bond motifs is 1. The summed E-state index contributed by atoms with van der Waals surface area (Å²) in [5, 5.41) is 0. The van der Waals surface area contributed by atoms with Crippen LogP contribution in [0.2, 0.25) is 0 Å². The Labute approximate surface area is 100 Å². The maximum atomic E-state index is 12.0. The molecule has 1 aromatic rings. The highest BCUT2D eigenvalue weighted by atomic mass is 16.5. The number of para-hydroxylation sites is 1. The fraction of sp³-hybridized carbons (Fsp3) is 0.385. The summed E-state index contributed by atoms with van der Waals surface area (Å²) in [5.41, 5.74) is 1.91. The number of hydrogen-bond acceptors (Lipinski definition) is 3. The molecule has 4 heteroatoms. The average molecular weight is 233 g/mol. The van der Waals surface area contributed by atoms with Crippen LogP contribution in [-0.4, -0.2) is 24.5 Å². The van der Waals surface area contributed by atoms with Gasteiger partial charge in [-0.3, -0.25) is 9.69 Å². The summed E-state index contributed by atoms with van der Waals surface area (Å²) in [4.78, 5) is 25.0. The van der Waals surface area contributed by atoms with Gasteiger partial charge >= 0.3 is 11.9 Å². The minimum absolute atomic E-state index is 0.00399. The number of esters is 1. The van der Waals surface area contributed by atoms with Gasteiger partial charge in [-0.05, 0) is 31.9 Å². The second-order valence-corrected chi connectivity index (χ2v) is 4.08. The number of anilines is 1. The first-order valence-electron chi connectivity index (χ1n) is 5.73. The van der Waals surface area contributed by atoms with Crippen LogP contribution in [0.25, 0.3) is 0 Å². The topological polar surface area (TPSA) is 46.6 Å². The van der Waals surface area contributed by atoms with E-state index in [4.69, 9.17) is 4.74 Å². The second-order valence-electron chi connectivity index (χ2n) is 4.08. The van der Waals surface area contributed by atoms with Gasteiger partial charge in [0, 0.05) is 11.7 Å². The van der Waals surface area contributed by atoms with Crippen molar-refractivity contribution in [3.8, 4) is 0 Å². The van der Waals surface area contributed by atoms with Crippen molar-refractivity contribution < 1.29 is 14.3 Å². The minimum atomic E-state index is -0.781. The zero-order chi connectivity index (χ0) is 12.4. The SMILES string of the molecule is CCOC(=O)C(=O)N1c2ccccc2CC1C. The summed E-state index contributed by atoms with van der Waals surface area (Å²) < 4.78 is 4.75. The predicted molar refractivity (Wildman–Crippen MR) is 63.7 cm³/mol.